The van der Waals surface area contributed by atoms with E-state index >= 15 is 0 Å². The molecule has 1 aromatic carbocycles. The van der Waals surface area contributed by atoms with Crippen LogP contribution in [-0.2, 0) is 0 Å². The van der Waals surface area contributed by atoms with Gasteiger partial charge < -0.3 is 9.88 Å². The molecule has 0 fully saturated rings. The van der Waals surface area contributed by atoms with Crippen LogP contribution < -0.4 is 0 Å². The summed E-state index contributed by atoms with van der Waals surface area (Å²) < 4.78 is 0. The van der Waals surface area contributed by atoms with Crippen LogP contribution in [0.5, 0.6) is 0 Å². The summed E-state index contributed by atoms with van der Waals surface area (Å²) in [6.45, 7) is 3.42. The molecule has 17 heavy (non-hydrogen) atoms. The van der Waals surface area contributed by atoms with Gasteiger partial charge in [-0.1, -0.05) is 24.3 Å². The van der Waals surface area contributed by atoms with Crippen LogP contribution in [0.3, 0.4) is 0 Å². The number of nitrogens with one attached hydrogen (secondary N) is 1. The maximum atomic E-state index is 3.52. The maximum Gasteiger partial charge on any atom is 0.0658 e. The van der Waals surface area contributed by atoms with Crippen molar-refractivity contribution >= 4 is 10.9 Å². The van der Waals surface area contributed by atoms with Crippen molar-refractivity contribution in [2.75, 3.05) is 6.54 Å². The van der Waals surface area contributed by atoms with Gasteiger partial charge in [0.05, 0.1) is 6.04 Å². The van der Waals surface area contributed by atoms with E-state index in [1.807, 2.05) is 0 Å². The molecule has 1 aliphatic heterocycles. The van der Waals surface area contributed by atoms with Crippen LogP contribution in [0.25, 0.3) is 10.9 Å². The Labute approximate surface area is 102 Å². The van der Waals surface area contributed by atoms with Gasteiger partial charge in [-0.3, -0.25) is 0 Å². The summed E-state index contributed by atoms with van der Waals surface area (Å²) in [5.41, 5.74) is 2.54. The van der Waals surface area contributed by atoms with Crippen LogP contribution in [0.4, 0.5) is 0 Å². The van der Waals surface area contributed by atoms with Crippen molar-refractivity contribution in [1.29, 1.82) is 0 Å². The number of benzene rings is 1. The number of aromatic nitrogens is 1. The van der Waals surface area contributed by atoms with Crippen molar-refractivity contribution in [1.82, 2.24) is 9.88 Å². The van der Waals surface area contributed by atoms with Crippen molar-refractivity contribution < 1.29 is 0 Å². The molecule has 0 saturated heterocycles. The summed E-state index contributed by atoms with van der Waals surface area (Å²) in [6.07, 6.45) is 6.99. The number of rotatable bonds is 2. The van der Waals surface area contributed by atoms with Gasteiger partial charge in [0, 0.05) is 17.8 Å². The fourth-order valence-electron chi connectivity index (χ4n) is 2.50. The van der Waals surface area contributed by atoms with E-state index in [1.54, 1.807) is 0 Å². The van der Waals surface area contributed by atoms with Crippen molar-refractivity contribution in [2.45, 2.75) is 25.8 Å². The molecule has 3 rings (SSSR count). The molecule has 1 aliphatic rings. The Bertz CT molecular complexity index is 506. The summed E-state index contributed by atoms with van der Waals surface area (Å²) in [7, 11) is 0. The van der Waals surface area contributed by atoms with E-state index in [1.165, 1.54) is 29.4 Å². The van der Waals surface area contributed by atoms with E-state index in [0.717, 1.165) is 6.54 Å². The molecule has 2 heterocycles. The fraction of sp³-hybridized carbons (Fsp3) is 0.333. The van der Waals surface area contributed by atoms with E-state index < -0.39 is 0 Å². The molecule has 0 spiro atoms. The minimum atomic E-state index is 0.430. The van der Waals surface area contributed by atoms with E-state index in [0.29, 0.717) is 6.04 Å². The van der Waals surface area contributed by atoms with Crippen LogP contribution in [0.15, 0.2) is 42.6 Å². The van der Waals surface area contributed by atoms with Gasteiger partial charge in [0.1, 0.15) is 0 Å². The number of hydrogen-bond donors (Lipinski definition) is 1. The number of nitrogens with zero attached hydrogens (tertiary/aromatic N) is 1. The van der Waals surface area contributed by atoms with Gasteiger partial charge in [-0.05, 0) is 43.5 Å². The van der Waals surface area contributed by atoms with Gasteiger partial charge >= 0.3 is 0 Å². The van der Waals surface area contributed by atoms with Crippen LogP contribution in [-0.4, -0.2) is 16.4 Å². The zero-order valence-electron chi connectivity index (χ0n) is 10.2. The molecule has 0 bridgehead atoms. The molecule has 1 atom stereocenters. The normalized spacial score (nSPS) is 17.6. The SMILES string of the molecule is CC(c1cc2ccccc2[nH]1)N1C=CCCC1. The van der Waals surface area contributed by atoms with E-state index in [2.05, 4.69) is 59.4 Å². The molecule has 88 valence electrons. The molecular weight excluding hydrogens is 208 g/mol. The Hall–Kier alpha value is -1.70. The summed E-state index contributed by atoms with van der Waals surface area (Å²) in [5.74, 6) is 0. The van der Waals surface area contributed by atoms with Crippen LogP contribution in [0, 0.1) is 0 Å². The minimum Gasteiger partial charge on any atom is -0.370 e. The van der Waals surface area contributed by atoms with Crippen molar-refractivity contribution in [3.05, 3.63) is 48.3 Å². The van der Waals surface area contributed by atoms with Crippen molar-refractivity contribution in [3.8, 4) is 0 Å². The molecule has 0 aliphatic carbocycles. The van der Waals surface area contributed by atoms with Gasteiger partial charge in [-0.25, -0.2) is 0 Å². The van der Waals surface area contributed by atoms with Gasteiger partial charge in [-0.15, -0.1) is 0 Å². The highest BCUT2D eigenvalue weighted by molar-refractivity contribution is 5.80. The lowest BCUT2D eigenvalue weighted by Crippen LogP contribution is -2.24. The zero-order chi connectivity index (χ0) is 11.7. The molecule has 0 amide bonds. The Kier molecular flexibility index (Phi) is 2.63. The Morgan fingerprint density at radius 2 is 2.18 bits per heavy atom. The predicted octanol–water partition coefficient (Wildman–Crippen LogP) is 3.84. The third-order valence-corrected chi connectivity index (χ3v) is 3.58. The van der Waals surface area contributed by atoms with E-state index in [4.69, 9.17) is 0 Å². The monoisotopic (exact) mass is 226 g/mol. The van der Waals surface area contributed by atoms with Crippen molar-refractivity contribution in [3.63, 3.8) is 0 Å². The number of hydrogen-bond acceptors (Lipinski definition) is 1. The standard InChI is InChI=1S/C15H18N2/c1-12(17-9-5-2-6-10-17)15-11-13-7-3-4-8-14(13)16-15/h3-5,7-9,11-12,16H,2,6,10H2,1H3. The third kappa shape index (κ3) is 1.95. The van der Waals surface area contributed by atoms with Gasteiger partial charge in [0.15, 0.2) is 0 Å². The van der Waals surface area contributed by atoms with Gasteiger partial charge in [0.2, 0.25) is 0 Å². The fourth-order valence-corrected chi connectivity index (χ4v) is 2.50. The number of H-pyrrole nitrogens is 1. The molecule has 2 heteroatoms. The first-order valence-electron chi connectivity index (χ1n) is 6.34. The van der Waals surface area contributed by atoms with E-state index in [9.17, 15) is 0 Å². The lowest BCUT2D eigenvalue weighted by molar-refractivity contribution is 0.279. The van der Waals surface area contributed by atoms with Gasteiger partial charge in [0.25, 0.3) is 0 Å². The summed E-state index contributed by atoms with van der Waals surface area (Å²) in [4.78, 5) is 5.93. The lowest BCUT2D eigenvalue weighted by atomic mass is 10.1. The Balaban J connectivity index is 1.92. The Morgan fingerprint density at radius 1 is 1.29 bits per heavy atom. The molecule has 2 nitrogen and oxygen atoms in total. The predicted molar refractivity (Wildman–Crippen MR) is 71.8 cm³/mol. The Morgan fingerprint density at radius 3 is 2.94 bits per heavy atom. The second-order valence-corrected chi connectivity index (χ2v) is 4.75. The third-order valence-electron chi connectivity index (χ3n) is 3.58. The smallest absolute Gasteiger partial charge is 0.0658 e. The second kappa shape index (κ2) is 4.28. The highest BCUT2D eigenvalue weighted by Crippen LogP contribution is 2.25. The molecule has 0 radical (unpaired) electrons. The molecule has 2 aromatic rings. The molecule has 1 unspecified atom stereocenters. The molecule has 0 saturated carbocycles. The average molecular weight is 226 g/mol. The topological polar surface area (TPSA) is 19.0 Å². The quantitative estimate of drug-likeness (QED) is 0.824. The molecule has 1 N–H and O–H groups in total. The van der Waals surface area contributed by atoms with Crippen LogP contribution >= 0.6 is 0 Å². The summed E-state index contributed by atoms with van der Waals surface area (Å²) in [5, 5.41) is 1.30. The highest BCUT2D eigenvalue weighted by Gasteiger charge is 2.15. The average Bonchev–Trinajstić information content (AvgIpc) is 2.82. The number of fused-ring (bicyclic) bond motifs is 1. The first kappa shape index (κ1) is 10.5. The van der Waals surface area contributed by atoms with Crippen LogP contribution in [0.1, 0.15) is 31.5 Å². The second-order valence-electron chi connectivity index (χ2n) is 4.75. The number of para-hydroxylation sites is 1. The first-order valence-corrected chi connectivity index (χ1v) is 6.34. The molecule has 1 aromatic heterocycles. The lowest BCUT2D eigenvalue weighted by Gasteiger charge is -2.29. The summed E-state index contributed by atoms with van der Waals surface area (Å²) in [6, 6.07) is 11.2. The highest BCUT2D eigenvalue weighted by atomic mass is 15.1. The van der Waals surface area contributed by atoms with Crippen molar-refractivity contribution in [2.24, 2.45) is 0 Å². The first-order chi connectivity index (χ1) is 8.34. The summed E-state index contributed by atoms with van der Waals surface area (Å²) >= 11 is 0. The number of aromatic amines is 1. The van der Waals surface area contributed by atoms with Crippen LogP contribution in [0.2, 0.25) is 0 Å². The van der Waals surface area contributed by atoms with Gasteiger partial charge in [-0.2, -0.15) is 0 Å². The maximum absolute atomic E-state index is 3.52. The largest absolute Gasteiger partial charge is 0.370 e. The zero-order valence-corrected chi connectivity index (χ0v) is 10.2. The molecular formula is C15H18N2. The van der Waals surface area contributed by atoms with E-state index in [-0.39, 0.29) is 0 Å². The minimum absolute atomic E-state index is 0.430. The number of allylic oxidation sites excluding steroid dienone is 1.